The van der Waals surface area contributed by atoms with Gasteiger partial charge in [0.15, 0.2) is 5.66 Å². The average molecular weight is 268 g/mol. The van der Waals surface area contributed by atoms with Crippen LogP contribution in [0.1, 0.15) is 12.8 Å². The van der Waals surface area contributed by atoms with Crippen LogP contribution in [0, 0.1) is 0 Å². The van der Waals surface area contributed by atoms with Gasteiger partial charge >= 0.3 is 19.5 Å². The molecule has 0 radical (unpaired) electrons. The minimum Gasteiger partial charge on any atom is -0.469 e. The highest BCUT2D eigenvalue weighted by Gasteiger charge is 2.40. The van der Waals surface area contributed by atoms with E-state index >= 15 is 0 Å². The molecule has 0 aliphatic rings. The SMILES string of the molecule is COC(=O)CCC(C(=O)OC)P(=O)(OC)OC. The first-order valence-electron chi connectivity index (χ1n) is 4.81. The summed E-state index contributed by atoms with van der Waals surface area (Å²) in [4.78, 5) is 22.5. The molecule has 7 nitrogen and oxygen atoms in total. The fraction of sp³-hybridized carbons (Fsp3) is 0.778. The van der Waals surface area contributed by atoms with Gasteiger partial charge in [0.25, 0.3) is 0 Å². The molecule has 0 saturated carbocycles. The van der Waals surface area contributed by atoms with E-state index in [-0.39, 0.29) is 12.8 Å². The average Bonchev–Trinajstić information content (AvgIpc) is 2.37. The Balaban J connectivity index is 4.82. The largest absolute Gasteiger partial charge is 0.469 e. The van der Waals surface area contributed by atoms with E-state index in [1.54, 1.807) is 0 Å². The van der Waals surface area contributed by atoms with Gasteiger partial charge in [0.1, 0.15) is 0 Å². The highest BCUT2D eigenvalue weighted by Crippen LogP contribution is 2.53. The molecule has 0 aromatic carbocycles. The fourth-order valence-electron chi connectivity index (χ4n) is 1.23. The van der Waals surface area contributed by atoms with Gasteiger partial charge in [-0.3, -0.25) is 14.2 Å². The Labute approximate surface area is 99.9 Å². The minimum absolute atomic E-state index is 0.0295. The van der Waals surface area contributed by atoms with Crippen LogP contribution in [0.25, 0.3) is 0 Å². The van der Waals surface area contributed by atoms with E-state index < -0.39 is 25.2 Å². The first-order valence-corrected chi connectivity index (χ1v) is 6.42. The first kappa shape index (κ1) is 16.1. The number of esters is 2. The van der Waals surface area contributed by atoms with Crippen molar-refractivity contribution in [3.8, 4) is 0 Å². The highest BCUT2D eigenvalue weighted by molar-refractivity contribution is 7.55. The van der Waals surface area contributed by atoms with Crippen LogP contribution in [-0.4, -0.2) is 46.0 Å². The third kappa shape index (κ3) is 4.46. The molecule has 0 N–H and O–H groups in total. The summed E-state index contributed by atoms with van der Waals surface area (Å²) in [5.74, 6) is -1.27. The lowest BCUT2D eigenvalue weighted by Gasteiger charge is -2.21. The van der Waals surface area contributed by atoms with Gasteiger partial charge in [0.2, 0.25) is 0 Å². The Morgan fingerprint density at radius 1 is 1.06 bits per heavy atom. The molecule has 8 heteroatoms. The quantitative estimate of drug-likeness (QED) is 0.502. The number of ether oxygens (including phenoxy) is 2. The lowest BCUT2D eigenvalue weighted by Crippen LogP contribution is -2.25. The van der Waals surface area contributed by atoms with E-state index in [0.717, 1.165) is 7.11 Å². The van der Waals surface area contributed by atoms with Crippen LogP contribution in [0.5, 0.6) is 0 Å². The van der Waals surface area contributed by atoms with Crippen molar-refractivity contribution >= 4 is 19.5 Å². The van der Waals surface area contributed by atoms with Crippen molar-refractivity contribution in [1.29, 1.82) is 0 Å². The number of methoxy groups -OCH3 is 2. The van der Waals surface area contributed by atoms with Crippen molar-refractivity contribution in [3.05, 3.63) is 0 Å². The maximum atomic E-state index is 12.1. The molecule has 0 fully saturated rings. The Hall–Kier alpha value is -0.910. The molecule has 17 heavy (non-hydrogen) atoms. The number of hydrogen-bond donors (Lipinski definition) is 0. The van der Waals surface area contributed by atoms with Crippen LogP contribution in [0.15, 0.2) is 0 Å². The van der Waals surface area contributed by atoms with Gasteiger partial charge in [-0.05, 0) is 6.42 Å². The molecule has 1 unspecified atom stereocenters. The van der Waals surface area contributed by atoms with Gasteiger partial charge in [-0.15, -0.1) is 0 Å². The molecule has 0 aliphatic heterocycles. The second-order valence-electron chi connectivity index (χ2n) is 3.06. The second kappa shape index (κ2) is 7.42. The van der Waals surface area contributed by atoms with E-state index in [0.29, 0.717) is 0 Å². The molecule has 0 bridgehead atoms. The summed E-state index contributed by atoms with van der Waals surface area (Å²) in [6.07, 6.45) is -0.106. The van der Waals surface area contributed by atoms with E-state index in [1.165, 1.54) is 21.3 Å². The van der Waals surface area contributed by atoms with Crippen molar-refractivity contribution in [2.45, 2.75) is 18.5 Å². The second-order valence-corrected chi connectivity index (χ2v) is 5.49. The van der Waals surface area contributed by atoms with E-state index in [9.17, 15) is 14.2 Å². The molecular weight excluding hydrogens is 251 g/mol. The van der Waals surface area contributed by atoms with Gasteiger partial charge < -0.3 is 18.5 Å². The number of carbonyl (C=O) groups excluding carboxylic acids is 2. The lowest BCUT2D eigenvalue weighted by molar-refractivity contribution is -0.142. The van der Waals surface area contributed by atoms with Gasteiger partial charge in [-0.25, -0.2) is 0 Å². The van der Waals surface area contributed by atoms with Crippen molar-refractivity contribution < 1.29 is 32.7 Å². The highest BCUT2D eigenvalue weighted by atomic mass is 31.2. The standard InChI is InChI=1S/C9H17O7P/c1-13-8(10)6-5-7(9(11)14-2)17(12,15-3)16-4/h7H,5-6H2,1-4H3. The first-order chi connectivity index (χ1) is 7.95. The van der Waals surface area contributed by atoms with Crippen molar-refractivity contribution in [3.63, 3.8) is 0 Å². The predicted molar refractivity (Wildman–Crippen MR) is 58.7 cm³/mol. The summed E-state index contributed by atoms with van der Waals surface area (Å²) < 4.78 is 30.4. The molecule has 0 heterocycles. The molecule has 0 rings (SSSR count). The van der Waals surface area contributed by atoms with E-state index in [2.05, 4.69) is 9.47 Å². The summed E-state index contributed by atoms with van der Waals surface area (Å²) in [5.41, 5.74) is -1.14. The van der Waals surface area contributed by atoms with Crippen LogP contribution < -0.4 is 0 Å². The zero-order chi connectivity index (χ0) is 13.5. The van der Waals surface area contributed by atoms with E-state index in [1.807, 2.05) is 0 Å². The van der Waals surface area contributed by atoms with Crippen molar-refractivity contribution in [1.82, 2.24) is 0 Å². The topological polar surface area (TPSA) is 88.1 Å². The van der Waals surface area contributed by atoms with Crippen LogP contribution in [0.3, 0.4) is 0 Å². The van der Waals surface area contributed by atoms with Crippen LogP contribution in [0.2, 0.25) is 0 Å². The molecule has 0 saturated heterocycles. The molecular formula is C9H17O7P. The van der Waals surface area contributed by atoms with Crippen molar-refractivity contribution in [2.24, 2.45) is 0 Å². The van der Waals surface area contributed by atoms with Crippen LogP contribution in [0.4, 0.5) is 0 Å². The summed E-state index contributed by atoms with van der Waals surface area (Å²) in [7, 11) is 1.10. The molecule has 100 valence electrons. The zero-order valence-corrected chi connectivity index (χ0v) is 11.2. The Bertz CT molecular complexity index is 306. The van der Waals surface area contributed by atoms with E-state index in [4.69, 9.17) is 9.05 Å². The third-order valence-electron chi connectivity index (χ3n) is 2.21. The maximum Gasteiger partial charge on any atom is 0.344 e. The molecule has 0 amide bonds. The third-order valence-corrected chi connectivity index (χ3v) is 4.46. The van der Waals surface area contributed by atoms with Gasteiger partial charge in [0, 0.05) is 20.6 Å². The van der Waals surface area contributed by atoms with Crippen LogP contribution >= 0.6 is 7.60 Å². The predicted octanol–water partition coefficient (Wildman–Crippen LogP) is 0.967. The molecule has 0 aliphatic carbocycles. The monoisotopic (exact) mass is 268 g/mol. The van der Waals surface area contributed by atoms with Gasteiger partial charge in [-0.1, -0.05) is 0 Å². The number of hydrogen-bond acceptors (Lipinski definition) is 7. The summed E-state index contributed by atoms with van der Waals surface area (Å²) >= 11 is 0. The minimum atomic E-state index is -3.61. The summed E-state index contributed by atoms with van der Waals surface area (Å²) in [5, 5.41) is 0. The van der Waals surface area contributed by atoms with Crippen LogP contribution in [-0.2, 0) is 32.7 Å². The Kier molecular flexibility index (Phi) is 7.03. The molecule has 0 spiro atoms. The zero-order valence-electron chi connectivity index (χ0n) is 10.3. The summed E-state index contributed by atoms with van der Waals surface area (Å²) in [6.45, 7) is 0. The fourth-order valence-corrected chi connectivity index (χ4v) is 2.69. The molecule has 0 aromatic rings. The summed E-state index contributed by atoms with van der Waals surface area (Å²) in [6, 6.07) is 0. The Morgan fingerprint density at radius 2 is 1.59 bits per heavy atom. The Morgan fingerprint density at radius 3 is 1.94 bits per heavy atom. The number of rotatable bonds is 7. The maximum absolute atomic E-state index is 12.1. The molecule has 0 aromatic heterocycles. The molecule has 1 atom stereocenters. The lowest BCUT2D eigenvalue weighted by atomic mass is 10.2. The normalized spacial score (nSPS) is 12.9. The smallest absolute Gasteiger partial charge is 0.344 e. The van der Waals surface area contributed by atoms with Gasteiger partial charge in [0.05, 0.1) is 14.2 Å². The van der Waals surface area contributed by atoms with Gasteiger partial charge in [-0.2, -0.15) is 0 Å². The number of carbonyl (C=O) groups is 2. The van der Waals surface area contributed by atoms with Crippen molar-refractivity contribution in [2.75, 3.05) is 28.4 Å².